The Kier molecular flexibility index (Phi) is 4.85. The highest BCUT2D eigenvalue weighted by Gasteiger charge is 2.18. The van der Waals surface area contributed by atoms with Crippen LogP contribution in [0.1, 0.15) is 17.3 Å². The fraction of sp³-hybridized carbons (Fsp3) is 0.0714. The van der Waals surface area contributed by atoms with Crippen LogP contribution in [0.15, 0.2) is 56.3 Å². The molecule has 0 aliphatic rings. The number of rotatable bonds is 4. The Bertz CT molecular complexity index is 804. The molecule has 0 spiro atoms. The van der Waals surface area contributed by atoms with Crippen LogP contribution in [-0.4, -0.2) is 14.2 Å². The van der Waals surface area contributed by atoms with Gasteiger partial charge in [0, 0.05) is 20.2 Å². The summed E-state index contributed by atoms with van der Waals surface area (Å²) in [5, 5.41) is 0. The summed E-state index contributed by atoms with van der Waals surface area (Å²) in [5.74, 6) is -0.125. The minimum atomic E-state index is -3.75. The van der Waals surface area contributed by atoms with Gasteiger partial charge in [-0.25, -0.2) is 8.42 Å². The van der Waals surface area contributed by atoms with Crippen LogP contribution in [0.25, 0.3) is 0 Å². The molecule has 2 aromatic carbocycles. The van der Waals surface area contributed by atoms with Crippen molar-refractivity contribution < 1.29 is 13.2 Å². The van der Waals surface area contributed by atoms with E-state index >= 15 is 0 Å². The van der Waals surface area contributed by atoms with Gasteiger partial charge in [-0.05, 0) is 53.2 Å². The second kappa shape index (κ2) is 6.29. The molecule has 0 heterocycles. The van der Waals surface area contributed by atoms with Gasteiger partial charge in [0.1, 0.15) is 4.90 Å². The van der Waals surface area contributed by atoms with E-state index in [2.05, 4.69) is 36.6 Å². The molecular weight excluding hydrogens is 422 g/mol. The van der Waals surface area contributed by atoms with E-state index in [0.29, 0.717) is 20.2 Å². The maximum Gasteiger partial charge on any atom is 0.263 e. The highest BCUT2D eigenvalue weighted by atomic mass is 79.9. The van der Waals surface area contributed by atoms with Gasteiger partial charge in [0.2, 0.25) is 0 Å². The molecule has 0 aliphatic heterocycles. The van der Waals surface area contributed by atoms with E-state index < -0.39 is 10.0 Å². The Morgan fingerprint density at radius 2 is 1.81 bits per heavy atom. The number of nitrogens with one attached hydrogen (secondary N) is 1. The summed E-state index contributed by atoms with van der Waals surface area (Å²) in [7, 11) is -3.75. The first-order chi connectivity index (χ1) is 9.79. The molecule has 2 rings (SSSR count). The highest BCUT2D eigenvalue weighted by molar-refractivity contribution is 9.11. The number of sulfonamides is 1. The summed E-state index contributed by atoms with van der Waals surface area (Å²) in [5.41, 5.74) is 0.790. The molecule has 0 saturated carbocycles. The minimum Gasteiger partial charge on any atom is -0.295 e. The van der Waals surface area contributed by atoms with E-state index in [9.17, 15) is 13.2 Å². The Morgan fingerprint density at radius 1 is 1.10 bits per heavy atom. The molecule has 7 heteroatoms. The van der Waals surface area contributed by atoms with Crippen molar-refractivity contribution in [2.45, 2.75) is 11.8 Å². The van der Waals surface area contributed by atoms with Crippen molar-refractivity contribution >= 4 is 53.4 Å². The quantitative estimate of drug-likeness (QED) is 0.735. The maximum absolute atomic E-state index is 12.4. The van der Waals surface area contributed by atoms with Gasteiger partial charge in [0.25, 0.3) is 10.0 Å². The number of hydrogen-bond donors (Lipinski definition) is 1. The Labute approximate surface area is 139 Å². The molecule has 0 aliphatic carbocycles. The lowest BCUT2D eigenvalue weighted by Crippen LogP contribution is -2.14. The third-order valence-corrected chi connectivity index (χ3v) is 5.57. The summed E-state index contributed by atoms with van der Waals surface area (Å²) < 4.78 is 28.4. The minimum absolute atomic E-state index is 0.116. The Hall–Kier alpha value is -1.18. The number of benzene rings is 2. The number of Topliss-reactive ketones (excluding diaryl/α,β-unsaturated/α-hetero) is 1. The third kappa shape index (κ3) is 3.93. The molecule has 0 unspecified atom stereocenters. The number of ketones is 1. The van der Waals surface area contributed by atoms with Gasteiger partial charge in [0.05, 0.1) is 0 Å². The standard InChI is InChI=1S/C14H11Br2NO3S/c1-9(18)10-3-2-4-12(7-10)17-21(19,20)14-8-11(15)5-6-13(14)16/h2-8,17H,1H3. The van der Waals surface area contributed by atoms with E-state index in [1.807, 2.05) is 0 Å². The van der Waals surface area contributed by atoms with Gasteiger partial charge in [0.15, 0.2) is 5.78 Å². The first-order valence-corrected chi connectivity index (χ1v) is 8.95. The molecule has 1 N–H and O–H groups in total. The molecule has 0 radical (unpaired) electrons. The molecule has 0 fully saturated rings. The average Bonchev–Trinajstić information content (AvgIpc) is 2.41. The number of halogens is 2. The number of hydrogen-bond acceptors (Lipinski definition) is 3. The van der Waals surface area contributed by atoms with Crippen LogP contribution in [0, 0.1) is 0 Å². The van der Waals surface area contributed by atoms with Crippen LogP contribution >= 0.6 is 31.9 Å². The van der Waals surface area contributed by atoms with Crippen molar-refractivity contribution in [2.24, 2.45) is 0 Å². The van der Waals surface area contributed by atoms with Gasteiger partial charge in [-0.15, -0.1) is 0 Å². The maximum atomic E-state index is 12.4. The van der Waals surface area contributed by atoms with Crippen molar-refractivity contribution in [3.8, 4) is 0 Å². The first-order valence-electron chi connectivity index (χ1n) is 5.88. The zero-order valence-corrected chi connectivity index (χ0v) is 14.9. The third-order valence-electron chi connectivity index (χ3n) is 2.70. The molecule has 0 amide bonds. The number of carbonyl (C=O) groups is 1. The van der Waals surface area contributed by atoms with Gasteiger partial charge >= 0.3 is 0 Å². The van der Waals surface area contributed by atoms with Crippen LogP contribution in [-0.2, 0) is 10.0 Å². The zero-order chi connectivity index (χ0) is 15.6. The number of anilines is 1. The van der Waals surface area contributed by atoms with E-state index in [4.69, 9.17) is 0 Å². The van der Waals surface area contributed by atoms with Crippen LogP contribution in [0.4, 0.5) is 5.69 Å². The topological polar surface area (TPSA) is 63.2 Å². The lowest BCUT2D eigenvalue weighted by Gasteiger charge is -2.10. The fourth-order valence-electron chi connectivity index (χ4n) is 1.69. The van der Waals surface area contributed by atoms with Gasteiger partial charge in [-0.1, -0.05) is 28.1 Å². The molecular formula is C14H11Br2NO3S. The van der Waals surface area contributed by atoms with Crippen molar-refractivity contribution in [3.05, 3.63) is 57.0 Å². The summed E-state index contributed by atoms with van der Waals surface area (Å²) >= 11 is 6.47. The van der Waals surface area contributed by atoms with E-state index in [0.717, 1.165) is 0 Å². The molecule has 0 saturated heterocycles. The monoisotopic (exact) mass is 431 g/mol. The first kappa shape index (κ1) is 16.2. The van der Waals surface area contributed by atoms with Gasteiger partial charge in [-0.3, -0.25) is 9.52 Å². The molecule has 21 heavy (non-hydrogen) atoms. The molecule has 0 bridgehead atoms. The smallest absolute Gasteiger partial charge is 0.263 e. The van der Waals surface area contributed by atoms with Crippen LogP contribution in [0.3, 0.4) is 0 Å². The largest absolute Gasteiger partial charge is 0.295 e. The SMILES string of the molecule is CC(=O)c1cccc(NS(=O)(=O)c2cc(Br)ccc2Br)c1. The summed E-state index contributed by atoms with van der Waals surface area (Å²) in [4.78, 5) is 11.5. The normalized spacial score (nSPS) is 11.2. The Morgan fingerprint density at radius 3 is 2.48 bits per heavy atom. The second-order valence-electron chi connectivity index (χ2n) is 4.32. The van der Waals surface area contributed by atoms with Crippen molar-refractivity contribution in [1.29, 1.82) is 0 Å². The zero-order valence-electron chi connectivity index (χ0n) is 10.9. The fourth-order valence-corrected chi connectivity index (χ4v) is 4.25. The van der Waals surface area contributed by atoms with Crippen molar-refractivity contribution in [1.82, 2.24) is 0 Å². The van der Waals surface area contributed by atoms with E-state index in [1.165, 1.54) is 19.1 Å². The van der Waals surface area contributed by atoms with E-state index in [-0.39, 0.29) is 10.7 Å². The number of carbonyl (C=O) groups excluding carboxylic acids is 1. The lowest BCUT2D eigenvalue weighted by atomic mass is 10.1. The predicted octanol–water partition coefficient (Wildman–Crippen LogP) is 4.22. The van der Waals surface area contributed by atoms with Crippen LogP contribution < -0.4 is 4.72 Å². The van der Waals surface area contributed by atoms with Gasteiger partial charge in [-0.2, -0.15) is 0 Å². The molecule has 110 valence electrons. The van der Waals surface area contributed by atoms with Crippen molar-refractivity contribution in [2.75, 3.05) is 4.72 Å². The second-order valence-corrected chi connectivity index (χ2v) is 7.74. The molecule has 0 aromatic heterocycles. The predicted molar refractivity (Wildman–Crippen MR) is 89.1 cm³/mol. The van der Waals surface area contributed by atoms with Crippen molar-refractivity contribution in [3.63, 3.8) is 0 Å². The highest BCUT2D eigenvalue weighted by Crippen LogP contribution is 2.27. The summed E-state index contributed by atoms with van der Waals surface area (Å²) in [6, 6.07) is 11.2. The molecule has 4 nitrogen and oxygen atoms in total. The lowest BCUT2D eigenvalue weighted by molar-refractivity contribution is 0.101. The molecule has 0 atom stereocenters. The van der Waals surface area contributed by atoms with Crippen LogP contribution in [0.2, 0.25) is 0 Å². The Balaban J connectivity index is 2.40. The van der Waals surface area contributed by atoms with Gasteiger partial charge < -0.3 is 0 Å². The van der Waals surface area contributed by atoms with Crippen LogP contribution in [0.5, 0.6) is 0 Å². The van der Waals surface area contributed by atoms with E-state index in [1.54, 1.807) is 30.3 Å². The summed E-state index contributed by atoms with van der Waals surface area (Å²) in [6.45, 7) is 1.43. The average molecular weight is 433 g/mol. The molecule has 2 aromatic rings. The summed E-state index contributed by atoms with van der Waals surface area (Å²) in [6.07, 6.45) is 0.